The Balaban J connectivity index is 1.36. The minimum absolute atomic E-state index is 0.0798. The smallest absolute Gasteiger partial charge is 0.293 e. The van der Waals surface area contributed by atoms with Gasteiger partial charge in [0.1, 0.15) is 6.17 Å². The Morgan fingerprint density at radius 2 is 2.00 bits per heavy atom. The summed E-state index contributed by atoms with van der Waals surface area (Å²) in [7, 11) is 0. The number of rotatable bonds is 5. The van der Waals surface area contributed by atoms with E-state index in [1.807, 2.05) is 19.1 Å². The van der Waals surface area contributed by atoms with Crippen molar-refractivity contribution < 1.29 is 18.1 Å². The number of oxazole rings is 1. The molecule has 2 atom stereocenters. The zero-order chi connectivity index (χ0) is 20.7. The molecular weight excluding hydrogens is 389 g/mol. The van der Waals surface area contributed by atoms with E-state index in [2.05, 4.69) is 25.4 Å². The van der Waals surface area contributed by atoms with Crippen LogP contribution in [-0.2, 0) is 0 Å². The number of amides is 1. The van der Waals surface area contributed by atoms with Crippen LogP contribution in [-0.4, -0.2) is 32.2 Å². The monoisotopic (exact) mass is 405 g/mol. The molecule has 3 heterocycles. The zero-order valence-corrected chi connectivity index (χ0v) is 15.9. The quantitative estimate of drug-likeness (QED) is 0.531. The predicted octanol–water partition coefficient (Wildman–Crippen LogP) is 4.17. The molecule has 150 valence electrons. The number of benzene rings is 1. The average molecular weight is 405 g/mol. The molecule has 0 radical (unpaired) electrons. The van der Waals surface area contributed by atoms with Crippen LogP contribution in [0.2, 0.25) is 0 Å². The lowest BCUT2D eigenvalue weighted by molar-refractivity contribution is 0.0997. The third-order valence-electron chi connectivity index (χ3n) is 4.87. The van der Waals surface area contributed by atoms with Crippen molar-refractivity contribution >= 4 is 11.6 Å². The van der Waals surface area contributed by atoms with Crippen molar-refractivity contribution in [3.05, 3.63) is 66.1 Å². The first kappa shape index (κ1) is 18.2. The molecule has 1 aliphatic rings. The highest BCUT2D eigenvalue weighted by Crippen LogP contribution is 2.43. The number of hydrogen-bond donors (Lipinski definition) is 1. The second-order valence-electron chi connectivity index (χ2n) is 7.06. The van der Waals surface area contributed by atoms with Crippen LogP contribution in [0.4, 0.5) is 10.1 Å². The Morgan fingerprint density at radius 3 is 2.77 bits per heavy atom. The SMILES string of the molecule is Cc1ccc(-c2noc([C@H]3C[C@@H]3F)n2)cc1NC(=O)c1cnc(-c2ccncc2)o1. The van der Waals surface area contributed by atoms with E-state index in [1.54, 1.807) is 30.6 Å². The number of hydrogen-bond acceptors (Lipinski definition) is 7. The first-order chi connectivity index (χ1) is 14.6. The van der Waals surface area contributed by atoms with E-state index in [0.717, 1.165) is 11.1 Å². The number of carbonyl (C=O) groups is 1. The van der Waals surface area contributed by atoms with Crippen molar-refractivity contribution in [3.8, 4) is 22.8 Å². The minimum atomic E-state index is -0.912. The second-order valence-corrected chi connectivity index (χ2v) is 7.06. The van der Waals surface area contributed by atoms with E-state index in [-0.39, 0.29) is 11.7 Å². The minimum Gasteiger partial charge on any atom is -0.431 e. The molecule has 5 rings (SSSR count). The summed E-state index contributed by atoms with van der Waals surface area (Å²) in [5, 5.41) is 6.75. The highest BCUT2D eigenvalue weighted by molar-refractivity contribution is 6.03. The van der Waals surface area contributed by atoms with E-state index in [4.69, 9.17) is 8.94 Å². The van der Waals surface area contributed by atoms with Gasteiger partial charge in [0.25, 0.3) is 5.91 Å². The largest absolute Gasteiger partial charge is 0.431 e. The van der Waals surface area contributed by atoms with Gasteiger partial charge in [0, 0.05) is 29.2 Å². The number of aryl methyl sites for hydroxylation is 1. The highest BCUT2D eigenvalue weighted by Gasteiger charge is 2.43. The summed E-state index contributed by atoms with van der Waals surface area (Å²) in [4.78, 5) is 25.0. The lowest BCUT2D eigenvalue weighted by Gasteiger charge is -2.08. The molecule has 1 aliphatic carbocycles. The van der Waals surface area contributed by atoms with Gasteiger partial charge in [0.2, 0.25) is 23.4 Å². The summed E-state index contributed by atoms with van der Waals surface area (Å²) < 4.78 is 24.0. The lowest BCUT2D eigenvalue weighted by atomic mass is 10.1. The molecule has 1 fully saturated rings. The normalized spacial score (nSPS) is 17.7. The van der Waals surface area contributed by atoms with Crippen molar-refractivity contribution in [2.75, 3.05) is 5.32 Å². The van der Waals surface area contributed by atoms with E-state index < -0.39 is 12.1 Å². The molecule has 0 unspecified atom stereocenters. The zero-order valence-electron chi connectivity index (χ0n) is 15.9. The average Bonchev–Trinajstić information content (AvgIpc) is 3.17. The van der Waals surface area contributed by atoms with Crippen LogP contribution in [0, 0.1) is 6.92 Å². The molecule has 1 amide bonds. The van der Waals surface area contributed by atoms with Gasteiger partial charge in [-0.05, 0) is 37.1 Å². The molecule has 0 aliphatic heterocycles. The van der Waals surface area contributed by atoms with Gasteiger partial charge >= 0.3 is 0 Å². The van der Waals surface area contributed by atoms with Crippen LogP contribution < -0.4 is 5.32 Å². The number of nitrogens with one attached hydrogen (secondary N) is 1. The molecule has 8 nitrogen and oxygen atoms in total. The van der Waals surface area contributed by atoms with Gasteiger partial charge in [-0.1, -0.05) is 17.3 Å². The van der Waals surface area contributed by atoms with Crippen molar-refractivity contribution in [3.63, 3.8) is 0 Å². The molecule has 1 aromatic carbocycles. The van der Waals surface area contributed by atoms with Crippen LogP contribution in [0.5, 0.6) is 0 Å². The summed E-state index contributed by atoms with van der Waals surface area (Å²) in [6, 6.07) is 8.87. The Bertz CT molecular complexity index is 1220. The summed E-state index contributed by atoms with van der Waals surface area (Å²) in [5.74, 6) is 0.315. The Labute approximate surface area is 170 Å². The van der Waals surface area contributed by atoms with Crippen molar-refractivity contribution in [1.29, 1.82) is 0 Å². The first-order valence-electron chi connectivity index (χ1n) is 9.35. The molecule has 0 spiro atoms. The van der Waals surface area contributed by atoms with Crippen molar-refractivity contribution in [1.82, 2.24) is 20.1 Å². The maximum Gasteiger partial charge on any atom is 0.293 e. The fourth-order valence-corrected chi connectivity index (χ4v) is 3.01. The topological polar surface area (TPSA) is 107 Å². The molecule has 9 heteroatoms. The number of nitrogens with zero attached hydrogens (tertiary/aromatic N) is 4. The fraction of sp³-hybridized carbons (Fsp3) is 0.190. The van der Waals surface area contributed by atoms with Crippen LogP contribution in [0.3, 0.4) is 0 Å². The third-order valence-corrected chi connectivity index (χ3v) is 4.87. The van der Waals surface area contributed by atoms with Gasteiger partial charge in [-0.25, -0.2) is 9.37 Å². The lowest BCUT2D eigenvalue weighted by Crippen LogP contribution is -2.12. The summed E-state index contributed by atoms with van der Waals surface area (Å²) in [5.41, 5.74) is 2.79. The summed E-state index contributed by atoms with van der Waals surface area (Å²) >= 11 is 0. The van der Waals surface area contributed by atoms with Gasteiger partial charge < -0.3 is 14.3 Å². The van der Waals surface area contributed by atoms with Crippen LogP contribution in [0.15, 0.2) is 57.9 Å². The van der Waals surface area contributed by atoms with E-state index in [0.29, 0.717) is 35.3 Å². The van der Waals surface area contributed by atoms with Gasteiger partial charge in [-0.15, -0.1) is 0 Å². The predicted molar refractivity (Wildman–Crippen MR) is 104 cm³/mol. The third kappa shape index (κ3) is 3.45. The van der Waals surface area contributed by atoms with Gasteiger partial charge in [0.15, 0.2) is 0 Å². The molecule has 0 bridgehead atoms. The van der Waals surface area contributed by atoms with Gasteiger partial charge in [-0.3, -0.25) is 9.78 Å². The Morgan fingerprint density at radius 1 is 1.20 bits per heavy atom. The number of aromatic nitrogens is 4. The van der Waals surface area contributed by atoms with E-state index in [1.165, 1.54) is 6.20 Å². The van der Waals surface area contributed by atoms with Gasteiger partial charge in [0.05, 0.1) is 12.1 Å². The maximum atomic E-state index is 13.2. The van der Waals surface area contributed by atoms with Gasteiger partial charge in [-0.2, -0.15) is 4.98 Å². The summed E-state index contributed by atoms with van der Waals surface area (Å²) in [6.07, 6.45) is 4.11. The molecule has 3 aromatic heterocycles. The molecule has 0 saturated heterocycles. The van der Waals surface area contributed by atoms with Crippen LogP contribution >= 0.6 is 0 Å². The van der Waals surface area contributed by atoms with Crippen molar-refractivity contribution in [2.45, 2.75) is 25.4 Å². The highest BCUT2D eigenvalue weighted by atomic mass is 19.1. The molecule has 1 saturated carbocycles. The van der Waals surface area contributed by atoms with E-state index >= 15 is 0 Å². The first-order valence-corrected chi connectivity index (χ1v) is 9.35. The number of pyridine rings is 1. The molecule has 1 N–H and O–H groups in total. The fourth-order valence-electron chi connectivity index (χ4n) is 3.01. The number of anilines is 1. The van der Waals surface area contributed by atoms with E-state index in [9.17, 15) is 9.18 Å². The summed E-state index contributed by atoms with van der Waals surface area (Å²) in [6.45, 7) is 1.86. The molecule has 30 heavy (non-hydrogen) atoms. The second kappa shape index (κ2) is 7.18. The molecule has 4 aromatic rings. The Hall–Kier alpha value is -3.88. The maximum absolute atomic E-state index is 13.2. The number of halogens is 1. The Kier molecular flexibility index (Phi) is 4.35. The van der Waals surface area contributed by atoms with Crippen LogP contribution in [0.1, 0.15) is 34.3 Å². The molecular formula is C21H16FN5O3. The van der Waals surface area contributed by atoms with Crippen LogP contribution in [0.25, 0.3) is 22.8 Å². The number of carbonyl (C=O) groups excluding carboxylic acids is 1. The number of alkyl halides is 1. The standard InChI is InChI=1S/C21H16FN5O3/c1-11-2-3-13(18-26-21(30-27-18)14-9-15(14)22)8-16(11)25-19(28)17-10-24-20(29-17)12-4-6-23-7-5-12/h2-8,10,14-15H,9H2,1H3,(H,25,28)/t14-,15-/m0/s1. The van der Waals surface area contributed by atoms with Crippen molar-refractivity contribution in [2.24, 2.45) is 0 Å².